The van der Waals surface area contributed by atoms with Gasteiger partial charge < -0.3 is 9.73 Å². The first-order chi connectivity index (χ1) is 10.1. The number of nitrogens with one attached hydrogen (secondary N) is 1. The van der Waals surface area contributed by atoms with E-state index >= 15 is 0 Å². The van der Waals surface area contributed by atoms with Crippen molar-refractivity contribution in [1.29, 1.82) is 0 Å². The maximum absolute atomic E-state index is 6.20. The molecule has 2 aromatic carbocycles. The van der Waals surface area contributed by atoms with Crippen molar-refractivity contribution in [3.63, 3.8) is 0 Å². The highest BCUT2D eigenvalue weighted by Crippen LogP contribution is 2.35. The summed E-state index contributed by atoms with van der Waals surface area (Å²) in [5.74, 6) is 0.854. The standard InChI is InChI=1S/C17H15BrClNO/c1-10-5-3-7-12(15(10)18)16(20-2)14-9-11-6-4-8-13(19)17(11)21-14/h3-9,16,20H,1-2H3. The summed E-state index contributed by atoms with van der Waals surface area (Å²) in [5.41, 5.74) is 3.08. The lowest BCUT2D eigenvalue weighted by atomic mass is 10.0. The van der Waals surface area contributed by atoms with Crippen molar-refractivity contribution in [2.75, 3.05) is 7.05 Å². The minimum Gasteiger partial charge on any atom is -0.457 e. The van der Waals surface area contributed by atoms with Crippen molar-refractivity contribution in [2.24, 2.45) is 0 Å². The molecular formula is C17H15BrClNO. The molecule has 0 aliphatic heterocycles. The van der Waals surface area contributed by atoms with Crippen LogP contribution in [0.1, 0.15) is 22.9 Å². The summed E-state index contributed by atoms with van der Waals surface area (Å²) >= 11 is 9.87. The molecule has 2 nitrogen and oxygen atoms in total. The molecule has 0 aliphatic carbocycles. The van der Waals surface area contributed by atoms with Crippen molar-refractivity contribution in [3.05, 3.63) is 68.8 Å². The van der Waals surface area contributed by atoms with Crippen molar-refractivity contribution < 1.29 is 4.42 Å². The van der Waals surface area contributed by atoms with E-state index in [1.807, 2.05) is 31.3 Å². The van der Waals surface area contributed by atoms with E-state index in [9.17, 15) is 0 Å². The second-order valence-corrected chi connectivity index (χ2v) is 6.21. The van der Waals surface area contributed by atoms with Crippen LogP contribution in [-0.4, -0.2) is 7.05 Å². The molecule has 0 aliphatic rings. The predicted molar refractivity (Wildman–Crippen MR) is 91.0 cm³/mol. The molecule has 3 rings (SSSR count). The number of benzene rings is 2. The maximum atomic E-state index is 6.20. The molecular weight excluding hydrogens is 350 g/mol. The molecule has 0 bridgehead atoms. The summed E-state index contributed by atoms with van der Waals surface area (Å²) in [7, 11) is 1.92. The third-order valence-electron chi connectivity index (χ3n) is 3.62. The fourth-order valence-electron chi connectivity index (χ4n) is 2.53. The van der Waals surface area contributed by atoms with Crippen molar-refractivity contribution in [3.8, 4) is 0 Å². The average molecular weight is 365 g/mol. The van der Waals surface area contributed by atoms with Gasteiger partial charge in [0.25, 0.3) is 0 Å². The summed E-state index contributed by atoms with van der Waals surface area (Å²) in [6.07, 6.45) is 0. The number of furan rings is 1. The van der Waals surface area contributed by atoms with E-state index in [4.69, 9.17) is 16.0 Å². The smallest absolute Gasteiger partial charge is 0.152 e. The Bertz CT molecular complexity index is 797. The van der Waals surface area contributed by atoms with Gasteiger partial charge in [0.2, 0.25) is 0 Å². The predicted octanol–water partition coefficient (Wildman–Crippen LogP) is 5.47. The van der Waals surface area contributed by atoms with Crippen LogP contribution >= 0.6 is 27.5 Å². The van der Waals surface area contributed by atoms with Gasteiger partial charge in [-0.25, -0.2) is 0 Å². The van der Waals surface area contributed by atoms with Gasteiger partial charge in [0.1, 0.15) is 5.76 Å². The van der Waals surface area contributed by atoms with Crippen LogP contribution in [0.3, 0.4) is 0 Å². The molecule has 0 saturated carbocycles. The van der Waals surface area contributed by atoms with Crippen LogP contribution in [0.15, 0.2) is 51.4 Å². The zero-order valence-electron chi connectivity index (χ0n) is 11.8. The maximum Gasteiger partial charge on any atom is 0.152 e. The zero-order chi connectivity index (χ0) is 15.0. The van der Waals surface area contributed by atoms with Gasteiger partial charge in [-0.15, -0.1) is 0 Å². The summed E-state index contributed by atoms with van der Waals surface area (Å²) in [4.78, 5) is 0. The van der Waals surface area contributed by atoms with Crippen LogP contribution in [0, 0.1) is 6.92 Å². The molecule has 0 amide bonds. The normalized spacial score (nSPS) is 12.8. The Morgan fingerprint density at radius 2 is 1.95 bits per heavy atom. The van der Waals surface area contributed by atoms with Crippen LogP contribution in [0.2, 0.25) is 5.02 Å². The fourth-order valence-corrected chi connectivity index (χ4v) is 3.25. The Kier molecular flexibility index (Phi) is 4.07. The van der Waals surface area contributed by atoms with Gasteiger partial charge in [-0.1, -0.05) is 57.9 Å². The molecule has 3 aromatic rings. The van der Waals surface area contributed by atoms with Gasteiger partial charge in [0.15, 0.2) is 5.58 Å². The van der Waals surface area contributed by atoms with Gasteiger partial charge in [-0.2, -0.15) is 0 Å². The Labute approximate surface area is 137 Å². The number of fused-ring (bicyclic) bond motifs is 1. The minimum absolute atomic E-state index is 0.0252. The molecule has 21 heavy (non-hydrogen) atoms. The van der Waals surface area contributed by atoms with E-state index in [-0.39, 0.29) is 6.04 Å². The number of hydrogen-bond acceptors (Lipinski definition) is 2. The Morgan fingerprint density at radius 3 is 2.67 bits per heavy atom. The van der Waals surface area contributed by atoms with E-state index in [1.54, 1.807) is 0 Å². The third kappa shape index (κ3) is 2.61. The first-order valence-corrected chi connectivity index (χ1v) is 7.89. The molecule has 0 radical (unpaired) electrons. The van der Waals surface area contributed by atoms with Gasteiger partial charge in [-0.05, 0) is 37.2 Å². The number of rotatable bonds is 3. The Hall–Kier alpha value is -1.29. The molecule has 1 N–H and O–H groups in total. The van der Waals surface area contributed by atoms with Crippen LogP contribution < -0.4 is 5.32 Å². The lowest BCUT2D eigenvalue weighted by Crippen LogP contribution is -2.17. The van der Waals surface area contributed by atoms with Gasteiger partial charge >= 0.3 is 0 Å². The SMILES string of the molecule is CNC(c1cc2cccc(Cl)c2o1)c1cccc(C)c1Br. The molecule has 0 fully saturated rings. The quantitative estimate of drug-likeness (QED) is 0.667. The average Bonchev–Trinajstić information content (AvgIpc) is 2.89. The third-order valence-corrected chi connectivity index (χ3v) is 5.00. The number of hydrogen-bond donors (Lipinski definition) is 1. The second-order valence-electron chi connectivity index (χ2n) is 5.01. The Morgan fingerprint density at radius 1 is 1.19 bits per heavy atom. The van der Waals surface area contributed by atoms with Gasteiger partial charge in [0, 0.05) is 9.86 Å². The van der Waals surface area contributed by atoms with Gasteiger partial charge in [0.05, 0.1) is 11.1 Å². The van der Waals surface area contributed by atoms with E-state index in [2.05, 4.69) is 46.4 Å². The lowest BCUT2D eigenvalue weighted by Gasteiger charge is -2.17. The number of para-hydroxylation sites is 1. The summed E-state index contributed by atoms with van der Waals surface area (Å²) in [6.45, 7) is 2.08. The molecule has 1 heterocycles. The molecule has 0 spiro atoms. The van der Waals surface area contributed by atoms with E-state index in [0.717, 1.165) is 26.8 Å². The molecule has 0 saturated heterocycles. The fraction of sp³-hybridized carbons (Fsp3) is 0.176. The minimum atomic E-state index is -0.0252. The molecule has 1 aromatic heterocycles. The topological polar surface area (TPSA) is 25.2 Å². The summed E-state index contributed by atoms with van der Waals surface area (Å²) in [6, 6.07) is 14.0. The molecule has 4 heteroatoms. The Balaban J connectivity index is 2.14. The number of aryl methyl sites for hydroxylation is 1. The van der Waals surface area contributed by atoms with Crippen LogP contribution in [-0.2, 0) is 0 Å². The highest BCUT2D eigenvalue weighted by Gasteiger charge is 2.20. The second kappa shape index (κ2) is 5.84. The van der Waals surface area contributed by atoms with Gasteiger partial charge in [-0.3, -0.25) is 0 Å². The van der Waals surface area contributed by atoms with E-state index in [1.165, 1.54) is 5.56 Å². The summed E-state index contributed by atoms with van der Waals surface area (Å²) in [5, 5.41) is 4.97. The summed E-state index contributed by atoms with van der Waals surface area (Å²) < 4.78 is 7.08. The van der Waals surface area contributed by atoms with E-state index in [0.29, 0.717) is 5.02 Å². The molecule has 1 unspecified atom stereocenters. The van der Waals surface area contributed by atoms with Crippen molar-refractivity contribution in [2.45, 2.75) is 13.0 Å². The van der Waals surface area contributed by atoms with Crippen molar-refractivity contribution in [1.82, 2.24) is 5.32 Å². The lowest BCUT2D eigenvalue weighted by molar-refractivity contribution is 0.491. The van der Waals surface area contributed by atoms with E-state index < -0.39 is 0 Å². The van der Waals surface area contributed by atoms with Crippen molar-refractivity contribution >= 4 is 38.5 Å². The van der Waals surface area contributed by atoms with Crippen LogP contribution in [0.5, 0.6) is 0 Å². The molecule has 1 atom stereocenters. The highest BCUT2D eigenvalue weighted by molar-refractivity contribution is 9.10. The van der Waals surface area contributed by atoms with Crippen LogP contribution in [0.25, 0.3) is 11.0 Å². The van der Waals surface area contributed by atoms with Crippen LogP contribution in [0.4, 0.5) is 0 Å². The molecule has 108 valence electrons. The largest absolute Gasteiger partial charge is 0.457 e. The first kappa shape index (κ1) is 14.6. The number of halogens is 2. The monoisotopic (exact) mass is 363 g/mol. The highest BCUT2D eigenvalue weighted by atomic mass is 79.9. The zero-order valence-corrected chi connectivity index (χ0v) is 14.1. The first-order valence-electron chi connectivity index (χ1n) is 6.72.